The van der Waals surface area contributed by atoms with Crippen LogP contribution in [0.4, 0.5) is 0 Å². The van der Waals surface area contributed by atoms with E-state index in [0.717, 1.165) is 19.0 Å². The van der Waals surface area contributed by atoms with Crippen LogP contribution in [0.5, 0.6) is 0 Å². The highest BCUT2D eigenvalue weighted by Crippen LogP contribution is 1.95. The van der Waals surface area contributed by atoms with Crippen LogP contribution in [0, 0.1) is 10.1 Å². The molecule has 5 nitrogen and oxygen atoms in total. The van der Waals surface area contributed by atoms with Crippen molar-refractivity contribution in [1.29, 1.82) is 0 Å². The minimum atomic E-state index is -0.679. The third kappa shape index (κ3) is 4.95. The van der Waals surface area contributed by atoms with Gasteiger partial charge in [0, 0.05) is 13.5 Å². The molecule has 74 valence electrons. The average molecular weight is 186 g/mol. The molecule has 0 rings (SSSR count). The molecule has 0 aromatic rings. The first kappa shape index (κ1) is 11.6. The summed E-state index contributed by atoms with van der Waals surface area (Å²) in [6.07, 6.45) is 3.10. The van der Waals surface area contributed by atoms with Crippen molar-refractivity contribution in [3.63, 3.8) is 0 Å². The molecule has 0 aliphatic heterocycles. The second-order valence-corrected chi connectivity index (χ2v) is 2.65. The smallest absolute Gasteiger partial charge is 0.327 e. The number of unbranched alkanes of at least 4 members (excludes halogenated alkanes) is 1. The fourth-order valence-corrected chi connectivity index (χ4v) is 0.731. The molecule has 0 unspecified atom stereocenters. The molecule has 0 saturated carbocycles. The van der Waals surface area contributed by atoms with Gasteiger partial charge in [0.05, 0.1) is 11.1 Å². The Kier molecular flexibility index (Phi) is 5.50. The minimum Gasteiger partial charge on any atom is -0.385 e. The zero-order valence-corrected chi connectivity index (χ0v) is 7.87. The third-order valence-electron chi connectivity index (χ3n) is 1.47. The van der Waals surface area contributed by atoms with Gasteiger partial charge in [0.1, 0.15) is 0 Å². The Bertz CT molecular complexity index is 207. The van der Waals surface area contributed by atoms with Crippen LogP contribution < -0.4 is 5.32 Å². The monoisotopic (exact) mass is 186 g/mol. The van der Waals surface area contributed by atoms with Crippen LogP contribution in [0.15, 0.2) is 11.9 Å². The summed E-state index contributed by atoms with van der Waals surface area (Å²) in [4.78, 5) is 20.3. The molecule has 0 atom stereocenters. The van der Waals surface area contributed by atoms with Crippen molar-refractivity contribution in [1.82, 2.24) is 5.32 Å². The number of allylic oxidation sites excluding steroid dienone is 1. The first-order chi connectivity index (χ1) is 6.09. The minimum absolute atomic E-state index is 0.392. The molecule has 0 spiro atoms. The highest BCUT2D eigenvalue weighted by atomic mass is 16.6. The van der Waals surface area contributed by atoms with Crippen molar-refractivity contribution < 1.29 is 9.72 Å². The standard InChI is InChI=1S/C8H14N2O3/c1-3-4-5-9-6-8(7(2)11)10(12)13/h6,9H,3-5H2,1-2H3/b8-6-. The number of nitrogens with one attached hydrogen (secondary N) is 1. The van der Waals surface area contributed by atoms with Gasteiger partial charge in [-0.1, -0.05) is 13.3 Å². The quantitative estimate of drug-likeness (QED) is 0.291. The Morgan fingerprint density at radius 1 is 1.62 bits per heavy atom. The lowest BCUT2D eigenvalue weighted by Gasteiger charge is -1.97. The average Bonchev–Trinajstić information content (AvgIpc) is 2.02. The fourth-order valence-electron chi connectivity index (χ4n) is 0.731. The molecule has 0 aliphatic carbocycles. The van der Waals surface area contributed by atoms with Crippen LogP contribution >= 0.6 is 0 Å². The number of nitrogens with zero attached hydrogens (tertiary/aromatic N) is 1. The normalized spacial score (nSPS) is 11.1. The van der Waals surface area contributed by atoms with E-state index in [-0.39, 0.29) is 0 Å². The summed E-state index contributed by atoms with van der Waals surface area (Å²) in [6, 6.07) is 0. The number of hydrogen-bond acceptors (Lipinski definition) is 4. The molecule has 0 aromatic carbocycles. The predicted octanol–water partition coefficient (Wildman–Crippen LogP) is 1.08. The van der Waals surface area contributed by atoms with Gasteiger partial charge in [-0.3, -0.25) is 14.9 Å². The van der Waals surface area contributed by atoms with Gasteiger partial charge < -0.3 is 5.32 Å². The lowest BCUT2D eigenvalue weighted by molar-refractivity contribution is -0.419. The molecule has 1 N–H and O–H groups in total. The highest BCUT2D eigenvalue weighted by Gasteiger charge is 2.15. The molecule has 13 heavy (non-hydrogen) atoms. The Hall–Kier alpha value is -1.39. The van der Waals surface area contributed by atoms with E-state index in [2.05, 4.69) is 5.32 Å². The summed E-state index contributed by atoms with van der Waals surface area (Å²) >= 11 is 0. The zero-order chi connectivity index (χ0) is 10.3. The van der Waals surface area contributed by atoms with Crippen molar-refractivity contribution in [2.75, 3.05) is 6.54 Å². The summed E-state index contributed by atoms with van der Waals surface area (Å²) in [5.74, 6) is -0.533. The van der Waals surface area contributed by atoms with Crippen LogP contribution in [0.2, 0.25) is 0 Å². The van der Waals surface area contributed by atoms with Crippen molar-refractivity contribution in [2.45, 2.75) is 26.7 Å². The lowest BCUT2D eigenvalue weighted by atomic mass is 10.3. The number of nitro groups is 1. The maximum Gasteiger partial charge on any atom is 0.327 e. The lowest BCUT2D eigenvalue weighted by Crippen LogP contribution is -2.15. The summed E-state index contributed by atoms with van der Waals surface area (Å²) < 4.78 is 0. The van der Waals surface area contributed by atoms with E-state index in [1.165, 1.54) is 6.92 Å². The SMILES string of the molecule is CCCCN/C=C(/C(C)=O)[N+](=O)[O-]. The van der Waals surface area contributed by atoms with Crippen LogP contribution in [0.3, 0.4) is 0 Å². The second-order valence-electron chi connectivity index (χ2n) is 2.65. The van der Waals surface area contributed by atoms with Crippen LogP contribution in [0.1, 0.15) is 26.7 Å². The van der Waals surface area contributed by atoms with E-state index >= 15 is 0 Å². The van der Waals surface area contributed by atoms with E-state index in [0.29, 0.717) is 6.54 Å². The second kappa shape index (κ2) is 6.16. The van der Waals surface area contributed by atoms with Gasteiger partial charge in [0.2, 0.25) is 5.78 Å². The summed E-state index contributed by atoms with van der Waals surface area (Å²) in [5, 5.41) is 13.0. The maximum absolute atomic E-state index is 10.7. The summed E-state index contributed by atoms with van der Waals surface area (Å²) in [7, 11) is 0. The number of Topliss-reactive ketones (excluding diaryl/α,β-unsaturated/α-hetero) is 1. The Balaban J connectivity index is 4.06. The van der Waals surface area contributed by atoms with E-state index in [9.17, 15) is 14.9 Å². The highest BCUT2D eigenvalue weighted by molar-refractivity contribution is 5.90. The summed E-state index contributed by atoms with van der Waals surface area (Å²) in [5.41, 5.74) is -0.392. The van der Waals surface area contributed by atoms with Gasteiger partial charge in [0.25, 0.3) is 0 Å². The molecule has 0 aromatic heterocycles. The van der Waals surface area contributed by atoms with Gasteiger partial charge in [-0.25, -0.2) is 0 Å². The van der Waals surface area contributed by atoms with Crippen molar-refractivity contribution in [3.05, 3.63) is 22.0 Å². The first-order valence-electron chi connectivity index (χ1n) is 4.18. The largest absolute Gasteiger partial charge is 0.385 e. The van der Waals surface area contributed by atoms with E-state index < -0.39 is 16.4 Å². The molecule has 0 aliphatic rings. The number of carbonyl (C=O) groups is 1. The van der Waals surface area contributed by atoms with Gasteiger partial charge in [-0.05, 0) is 6.42 Å². The van der Waals surface area contributed by atoms with Gasteiger partial charge in [-0.15, -0.1) is 0 Å². The Morgan fingerprint density at radius 3 is 2.62 bits per heavy atom. The number of rotatable bonds is 6. The molecular weight excluding hydrogens is 172 g/mol. The molecular formula is C8H14N2O3. The molecule has 0 radical (unpaired) electrons. The number of carbonyl (C=O) groups excluding carboxylic acids is 1. The molecule has 5 heteroatoms. The fraction of sp³-hybridized carbons (Fsp3) is 0.625. The predicted molar refractivity (Wildman–Crippen MR) is 48.7 cm³/mol. The van der Waals surface area contributed by atoms with Crippen molar-refractivity contribution >= 4 is 5.78 Å². The van der Waals surface area contributed by atoms with E-state index in [1.54, 1.807) is 0 Å². The molecule has 0 saturated heterocycles. The van der Waals surface area contributed by atoms with Gasteiger partial charge in [-0.2, -0.15) is 0 Å². The van der Waals surface area contributed by atoms with E-state index in [4.69, 9.17) is 0 Å². The first-order valence-corrected chi connectivity index (χ1v) is 4.18. The topological polar surface area (TPSA) is 72.2 Å². The number of ketones is 1. The molecule has 0 amide bonds. The van der Waals surface area contributed by atoms with Crippen LogP contribution in [-0.2, 0) is 4.79 Å². The molecule has 0 fully saturated rings. The van der Waals surface area contributed by atoms with Crippen LogP contribution in [0.25, 0.3) is 0 Å². The van der Waals surface area contributed by atoms with Crippen molar-refractivity contribution in [3.8, 4) is 0 Å². The molecule has 0 bridgehead atoms. The Labute approximate surface area is 77.0 Å². The zero-order valence-electron chi connectivity index (χ0n) is 7.87. The molecule has 0 heterocycles. The summed E-state index contributed by atoms with van der Waals surface area (Å²) in [6.45, 7) is 3.85. The third-order valence-corrected chi connectivity index (χ3v) is 1.47. The van der Waals surface area contributed by atoms with Crippen LogP contribution in [-0.4, -0.2) is 17.3 Å². The van der Waals surface area contributed by atoms with Gasteiger partial charge >= 0.3 is 5.70 Å². The van der Waals surface area contributed by atoms with E-state index in [1.807, 2.05) is 6.92 Å². The van der Waals surface area contributed by atoms with Crippen molar-refractivity contribution in [2.24, 2.45) is 0 Å². The Morgan fingerprint density at radius 2 is 2.23 bits per heavy atom. The number of hydrogen-bond donors (Lipinski definition) is 1. The maximum atomic E-state index is 10.7. The van der Waals surface area contributed by atoms with Gasteiger partial charge in [0.15, 0.2) is 0 Å².